The highest BCUT2D eigenvalue weighted by Gasteiger charge is 2.28. The molecule has 1 aliphatic rings. The van der Waals surface area contributed by atoms with Gasteiger partial charge >= 0.3 is 0 Å². The molecule has 2 rings (SSSR count). The number of hydrogen-bond donors (Lipinski definition) is 1. The van der Waals surface area contributed by atoms with E-state index in [9.17, 15) is 0 Å². The maximum atomic E-state index is 8.99. The molecular formula is C15H23NO2. The monoisotopic (exact) mass is 249 g/mol. The molecule has 3 nitrogen and oxygen atoms in total. The molecule has 1 N–H and O–H groups in total. The summed E-state index contributed by atoms with van der Waals surface area (Å²) in [5.41, 5.74) is 2.79. The summed E-state index contributed by atoms with van der Waals surface area (Å²) >= 11 is 0. The number of nitrogens with zero attached hydrogens (tertiary/aromatic N) is 1. The summed E-state index contributed by atoms with van der Waals surface area (Å²) < 4.78 is 5.30. The Morgan fingerprint density at radius 2 is 2.17 bits per heavy atom. The first kappa shape index (κ1) is 13.4. The van der Waals surface area contributed by atoms with Gasteiger partial charge in [0.15, 0.2) is 0 Å². The maximum absolute atomic E-state index is 8.99. The van der Waals surface area contributed by atoms with Crippen LogP contribution in [0.25, 0.3) is 0 Å². The molecule has 0 fully saturated rings. The second-order valence-electron chi connectivity index (χ2n) is 5.11. The van der Waals surface area contributed by atoms with Crippen LogP contribution in [-0.2, 0) is 6.42 Å². The molecule has 1 aliphatic heterocycles. The Labute approximate surface area is 109 Å². The number of hydrogen-bond acceptors (Lipinski definition) is 3. The smallest absolute Gasteiger partial charge is 0.119 e. The van der Waals surface area contributed by atoms with E-state index < -0.39 is 0 Å². The zero-order valence-corrected chi connectivity index (χ0v) is 11.5. The number of fused-ring (bicyclic) bond motifs is 1. The predicted octanol–water partition coefficient (Wildman–Crippen LogP) is 2.39. The summed E-state index contributed by atoms with van der Waals surface area (Å²) in [4.78, 5) is 2.48. The fourth-order valence-electron chi connectivity index (χ4n) is 2.96. The average molecular weight is 249 g/mol. The largest absolute Gasteiger partial charge is 0.497 e. The molecule has 3 heteroatoms. The zero-order chi connectivity index (χ0) is 13.1. The molecule has 18 heavy (non-hydrogen) atoms. The molecule has 0 aromatic heterocycles. The molecule has 100 valence electrons. The van der Waals surface area contributed by atoms with Gasteiger partial charge in [0, 0.05) is 25.2 Å². The number of aliphatic hydroxyl groups excluding tert-OH is 1. The summed E-state index contributed by atoms with van der Waals surface area (Å²) in [6.45, 7) is 5.74. The van der Waals surface area contributed by atoms with E-state index in [0.717, 1.165) is 25.1 Å². The maximum Gasteiger partial charge on any atom is 0.119 e. The number of aliphatic hydroxyl groups is 1. The van der Waals surface area contributed by atoms with Gasteiger partial charge in [-0.05, 0) is 49.9 Å². The van der Waals surface area contributed by atoms with E-state index in [-0.39, 0.29) is 6.61 Å². The highest BCUT2D eigenvalue weighted by molar-refractivity contribution is 5.39. The first-order chi connectivity index (χ1) is 8.67. The van der Waals surface area contributed by atoms with Crippen LogP contribution < -0.4 is 4.74 Å². The third-order valence-electron chi connectivity index (χ3n) is 3.95. The second-order valence-corrected chi connectivity index (χ2v) is 5.11. The summed E-state index contributed by atoms with van der Waals surface area (Å²) in [5, 5.41) is 8.99. The van der Waals surface area contributed by atoms with E-state index >= 15 is 0 Å². The van der Waals surface area contributed by atoms with Crippen LogP contribution in [0.2, 0.25) is 0 Å². The number of ether oxygens (including phenoxy) is 1. The zero-order valence-electron chi connectivity index (χ0n) is 11.5. The van der Waals surface area contributed by atoms with Crippen molar-refractivity contribution < 1.29 is 9.84 Å². The minimum atomic E-state index is 0.269. The Balaban J connectivity index is 2.23. The van der Waals surface area contributed by atoms with Crippen LogP contribution in [0, 0.1) is 0 Å². The molecule has 0 saturated carbocycles. The lowest BCUT2D eigenvalue weighted by Gasteiger charge is -2.40. The highest BCUT2D eigenvalue weighted by atomic mass is 16.5. The quantitative estimate of drug-likeness (QED) is 0.889. The van der Waals surface area contributed by atoms with Crippen LogP contribution in [-0.4, -0.2) is 36.3 Å². The van der Waals surface area contributed by atoms with Gasteiger partial charge < -0.3 is 9.84 Å². The summed E-state index contributed by atoms with van der Waals surface area (Å²) in [5.74, 6) is 0.942. The molecule has 0 spiro atoms. The van der Waals surface area contributed by atoms with Gasteiger partial charge in [-0.25, -0.2) is 0 Å². The minimum Gasteiger partial charge on any atom is -0.497 e. The number of methoxy groups -OCH3 is 1. The van der Waals surface area contributed by atoms with Crippen LogP contribution in [0.15, 0.2) is 18.2 Å². The van der Waals surface area contributed by atoms with Gasteiger partial charge in [-0.3, -0.25) is 4.90 Å². The topological polar surface area (TPSA) is 32.7 Å². The van der Waals surface area contributed by atoms with Crippen LogP contribution in [0.1, 0.15) is 37.4 Å². The minimum absolute atomic E-state index is 0.269. The van der Waals surface area contributed by atoms with Crippen molar-refractivity contribution in [3.8, 4) is 5.75 Å². The van der Waals surface area contributed by atoms with E-state index in [1.165, 1.54) is 11.1 Å². The first-order valence-corrected chi connectivity index (χ1v) is 6.70. The SMILES string of the molecule is COc1ccc2c(c1)C[C@@H](C)N(CCCO)[C@@H]2C. The van der Waals surface area contributed by atoms with Crippen molar-refractivity contribution in [1.82, 2.24) is 4.90 Å². The molecule has 2 atom stereocenters. The van der Waals surface area contributed by atoms with Crippen molar-refractivity contribution in [1.29, 1.82) is 0 Å². The fraction of sp³-hybridized carbons (Fsp3) is 0.600. The lowest BCUT2D eigenvalue weighted by molar-refractivity contribution is 0.125. The molecule has 0 bridgehead atoms. The van der Waals surface area contributed by atoms with E-state index in [1.54, 1.807) is 7.11 Å². The number of rotatable bonds is 4. The van der Waals surface area contributed by atoms with Gasteiger partial charge in [0.1, 0.15) is 5.75 Å². The molecule has 0 aliphatic carbocycles. The van der Waals surface area contributed by atoms with E-state index in [0.29, 0.717) is 12.1 Å². The molecule has 0 saturated heterocycles. The van der Waals surface area contributed by atoms with Gasteiger partial charge in [0.2, 0.25) is 0 Å². The van der Waals surface area contributed by atoms with Crippen molar-refractivity contribution in [2.45, 2.75) is 38.8 Å². The Morgan fingerprint density at radius 1 is 1.39 bits per heavy atom. The van der Waals surface area contributed by atoms with Crippen LogP contribution in [0.5, 0.6) is 5.75 Å². The molecular weight excluding hydrogens is 226 g/mol. The molecule has 1 heterocycles. The van der Waals surface area contributed by atoms with Gasteiger partial charge in [-0.2, -0.15) is 0 Å². The molecule has 1 aromatic rings. The predicted molar refractivity (Wildman–Crippen MR) is 73.0 cm³/mol. The van der Waals surface area contributed by atoms with Crippen molar-refractivity contribution in [2.75, 3.05) is 20.3 Å². The molecule has 1 aromatic carbocycles. The van der Waals surface area contributed by atoms with E-state index in [2.05, 4.69) is 30.9 Å². The van der Waals surface area contributed by atoms with Crippen LogP contribution >= 0.6 is 0 Å². The molecule has 0 amide bonds. The Bertz CT molecular complexity index is 405. The van der Waals surface area contributed by atoms with Crippen molar-refractivity contribution in [2.24, 2.45) is 0 Å². The lowest BCUT2D eigenvalue weighted by atomic mass is 9.89. The summed E-state index contributed by atoms with van der Waals surface area (Å²) in [6, 6.07) is 7.31. The van der Waals surface area contributed by atoms with Gasteiger partial charge in [-0.15, -0.1) is 0 Å². The fourth-order valence-corrected chi connectivity index (χ4v) is 2.96. The molecule has 0 radical (unpaired) electrons. The molecule has 0 unspecified atom stereocenters. The Morgan fingerprint density at radius 3 is 2.83 bits per heavy atom. The summed E-state index contributed by atoms with van der Waals surface area (Å²) in [7, 11) is 1.71. The van der Waals surface area contributed by atoms with Gasteiger partial charge in [-0.1, -0.05) is 6.07 Å². The van der Waals surface area contributed by atoms with Gasteiger partial charge in [0.05, 0.1) is 7.11 Å². The third kappa shape index (κ3) is 2.52. The van der Waals surface area contributed by atoms with Crippen LogP contribution in [0.3, 0.4) is 0 Å². The lowest BCUT2D eigenvalue weighted by Crippen LogP contribution is -2.41. The second kappa shape index (κ2) is 5.72. The van der Waals surface area contributed by atoms with Crippen molar-refractivity contribution >= 4 is 0 Å². The Kier molecular flexibility index (Phi) is 4.25. The Hall–Kier alpha value is -1.06. The average Bonchev–Trinajstić information content (AvgIpc) is 2.38. The van der Waals surface area contributed by atoms with Gasteiger partial charge in [0.25, 0.3) is 0 Å². The first-order valence-electron chi connectivity index (χ1n) is 6.70. The summed E-state index contributed by atoms with van der Waals surface area (Å²) in [6.07, 6.45) is 1.91. The van der Waals surface area contributed by atoms with E-state index in [1.807, 2.05) is 6.07 Å². The normalized spacial score (nSPS) is 23.8. The standard InChI is InChI=1S/C15H23NO2/c1-11-9-13-10-14(18-3)5-6-15(13)12(2)16(11)7-4-8-17/h5-6,10-12,17H,4,7-9H2,1-3H3/t11-,12-/m1/s1. The number of benzene rings is 1. The van der Waals surface area contributed by atoms with E-state index in [4.69, 9.17) is 9.84 Å². The highest BCUT2D eigenvalue weighted by Crippen LogP contribution is 2.34. The van der Waals surface area contributed by atoms with Crippen molar-refractivity contribution in [3.63, 3.8) is 0 Å². The van der Waals surface area contributed by atoms with Crippen molar-refractivity contribution in [3.05, 3.63) is 29.3 Å². The third-order valence-corrected chi connectivity index (χ3v) is 3.95. The van der Waals surface area contributed by atoms with Crippen LogP contribution in [0.4, 0.5) is 0 Å².